The molecule has 5 rings (SSSR count). The molecule has 0 saturated carbocycles. The van der Waals surface area contributed by atoms with Gasteiger partial charge in [0.25, 0.3) is 0 Å². The topological polar surface area (TPSA) is 37.6 Å². The number of hydrogen-bond donors (Lipinski definition) is 0. The highest BCUT2D eigenvalue weighted by molar-refractivity contribution is 6.03. The second-order valence-corrected chi connectivity index (χ2v) is 8.32. The summed E-state index contributed by atoms with van der Waals surface area (Å²) in [5.41, 5.74) is 7.07. The summed E-state index contributed by atoms with van der Waals surface area (Å²) in [6.45, 7) is 0. The van der Waals surface area contributed by atoms with E-state index in [0.29, 0.717) is 12.1 Å². The minimum Gasteiger partial charge on any atom is -0.284 e. The molecule has 150 valence electrons. The van der Waals surface area contributed by atoms with E-state index in [1.165, 1.54) is 11.1 Å². The zero-order chi connectivity index (χ0) is 20.2. The van der Waals surface area contributed by atoms with E-state index in [9.17, 15) is 0 Å². The van der Waals surface area contributed by atoms with Crippen molar-refractivity contribution in [1.29, 1.82) is 0 Å². The van der Waals surface area contributed by atoms with Gasteiger partial charge >= 0.3 is 0 Å². The molecule has 1 aromatic heterocycles. The van der Waals surface area contributed by atoms with Gasteiger partial charge in [0.15, 0.2) is 0 Å². The van der Waals surface area contributed by atoms with Gasteiger partial charge in [0.2, 0.25) is 0 Å². The lowest BCUT2D eigenvalue weighted by molar-refractivity contribution is 0.667. The summed E-state index contributed by atoms with van der Waals surface area (Å²) in [7, 11) is 0. The van der Waals surface area contributed by atoms with E-state index in [2.05, 4.69) is 78.9 Å². The summed E-state index contributed by atoms with van der Waals surface area (Å²) in [5.74, 6) is 0. The van der Waals surface area contributed by atoms with Gasteiger partial charge in [0.1, 0.15) is 0 Å². The van der Waals surface area contributed by atoms with Gasteiger partial charge in [0, 0.05) is 0 Å². The van der Waals surface area contributed by atoms with Crippen molar-refractivity contribution >= 4 is 11.4 Å². The first kappa shape index (κ1) is 18.9. The molecule has 30 heavy (non-hydrogen) atoms. The normalized spacial score (nSPS) is 20.8. The Labute approximate surface area is 178 Å². The Hall–Kier alpha value is -3.07. The van der Waals surface area contributed by atoms with E-state index in [1.807, 2.05) is 0 Å². The van der Waals surface area contributed by atoms with Gasteiger partial charge in [-0.3, -0.25) is 9.98 Å². The Morgan fingerprint density at radius 1 is 0.567 bits per heavy atom. The van der Waals surface area contributed by atoms with Crippen LogP contribution in [0.2, 0.25) is 0 Å². The number of aromatic nitrogens is 1. The fraction of sp³-hybridized carbons (Fsp3) is 0.296. The highest BCUT2D eigenvalue weighted by atomic mass is 14.9. The number of aliphatic imine (C=N–C) groups is 2. The Bertz CT molecular complexity index is 971. The van der Waals surface area contributed by atoms with E-state index in [0.717, 1.165) is 61.3 Å². The fourth-order valence-corrected chi connectivity index (χ4v) is 4.52. The molecule has 2 aliphatic rings. The zero-order valence-corrected chi connectivity index (χ0v) is 17.2. The minimum absolute atomic E-state index is 0.368. The van der Waals surface area contributed by atoms with Crippen molar-refractivity contribution < 1.29 is 0 Å². The van der Waals surface area contributed by atoms with Crippen molar-refractivity contribution in [3.05, 3.63) is 101 Å². The van der Waals surface area contributed by atoms with E-state index in [-0.39, 0.29) is 0 Å². The highest BCUT2D eigenvalue weighted by Crippen LogP contribution is 2.24. The second-order valence-electron chi connectivity index (χ2n) is 8.32. The summed E-state index contributed by atoms with van der Waals surface area (Å²) >= 11 is 0. The van der Waals surface area contributed by atoms with Crippen LogP contribution in [0, 0.1) is 0 Å². The van der Waals surface area contributed by atoms with Gasteiger partial charge in [-0.25, -0.2) is 4.98 Å². The molecule has 3 heterocycles. The maximum absolute atomic E-state index is 5.01. The molecule has 0 N–H and O–H groups in total. The predicted molar refractivity (Wildman–Crippen MR) is 124 cm³/mol. The molecule has 0 bridgehead atoms. The third-order valence-electron chi connectivity index (χ3n) is 6.07. The van der Waals surface area contributed by atoms with Gasteiger partial charge in [-0.2, -0.15) is 0 Å². The van der Waals surface area contributed by atoms with Gasteiger partial charge in [-0.1, -0.05) is 66.7 Å². The Balaban J connectivity index is 1.29. The third kappa shape index (κ3) is 4.40. The average Bonchev–Trinajstić information content (AvgIpc) is 3.45. The molecule has 2 aliphatic heterocycles. The van der Waals surface area contributed by atoms with Gasteiger partial charge in [0.05, 0.1) is 34.9 Å². The molecule has 2 atom stereocenters. The quantitative estimate of drug-likeness (QED) is 0.547. The van der Waals surface area contributed by atoms with Crippen LogP contribution in [0.25, 0.3) is 0 Å². The number of nitrogens with zero attached hydrogens (tertiary/aromatic N) is 3. The first-order valence-corrected chi connectivity index (χ1v) is 11.0. The molecule has 0 fully saturated rings. The lowest BCUT2D eigenvalue weighted by atomic mass is 10.0. The second kappa shape index (κ2) is 8.74. The molecule has 2 aromatic carbocycles. The van der Waals surface area contributed by atoms with E-state index in [4.69, 9.17) is 15.0 Å². The maximum Gasteiger partial charge on any atom is 0.0848 e. The van der Waals surface area contributed by atoms with Gasteiger partial charge < -0.3 is 0 Å². The van der Waals surface area contributed by atoms with Crippen LogP contribution in [0.15, 0.2) is 88.8 Å². The van der Waals surface area contributed by atoms with Crippen LogP contribution in [0.3, 0.4) is 0 Å². The largest absolute Gasteiger partial charge is 0.284 e. The van der Waals surface area contributed by atoms with Crippen LogP contribution in [0.5, 0.6) is 0 Å². The number of benzene rings is 2. The maximum atomic E-state index is 5.01. The van der Waals surface area contributed by atoms with Crippen molar-refractivity contribution in [2.75, 3.05) is 0 Å². The van der Waals surface area contributed by atoms with E-state index in [1.54, 1.807) is 0 Å². The molecule has 0 saturated heterocycles. The number of rotatable bonds is 6. The molecular weight excluding hydrogens is 366 g/mol. The standard InChI is InChI=1S/C27H27N3/c1-3-8-20(9-4-1)18-22-14-16-26(28-22)24-12-7-13-25(30-24)27-17-15-23(29-27)19-21-10-5-2-6-11-21/h1-13,22-23H,14-19H2. The zero-order valence-electron chi connectivity index (χ0n) is 17.2. The molecule has 0 spiro atoms. The first-order chi connectivity index (χ1) is 14.8. The van der Waals surface area contributed by atoms with E-state index < -0.39 is 0 Å². The molecule has 3 heteroatoms. The molecule has 0 aliphatic carbocycles. The van der Waals surface area contributed by atoms with E-state index >= 15 is 0 Å². The van der Waals surface area contributed by atoms with Crippen molar-refractivity contribution in [3.63, 3.8) is 0 Å². The van der Waals surface area contributed by atoms with Crippen LogP contribution < -0.4 is 0 Å². The summed E-state index contributed by atoms with van der Waals surface area (Å²) in [6, 6.07) is 28.4. The average molecular weight is 394 g/mol. The minimum atomic E-state index is 0.368. The molecule has 0 radical (unpaired) electrons. The predicted octanol–water partition coefficient (Wildman–Crippen LogP) is 5.47. The van der Waals surface area contributed by atoms with Crippen molar-refractivity contribution in [2.24, 2.45) is 9.98 Å². The van der Waals surface area contributed by atoms with Crippen molar-refractivity contribution in [1.82, 2.24) is 4.98 Å². The number of hydrogen-bond acceptors (Lipinski definition) is 3. The molecule has 0 amide bonds. The molecular formula is C27H27N3. The lowest BCUT2D eigenvalue weighted by Gasteiger charge is -2.06. The summed E-state index contributed by atoms with van der Waals surface area (Å²) in [6.07, 6.45) is 6.26. The van der Waals surface area contributed by atoms with Crippen LogP contribution in [-0.2, 0) is 12.8 Å². The summed E-state index contributed by atoms with van der Waals surface area (Å²) < 4.78 is 0. The Morgan fingerprint density at radius 3 is 1.50 bits per heavy atom. The fourth-order valence-electron chi connectivity index (χ4n) is 4.52. The first-order valence-electron chi connectivity index (χ1n) is 11.0. The van der Waals surface area contributed by atoms with Gasteiger partial charge in [-0.05, 0) is 61.8 Å². The molecule has 3 nitrogen and oxygen atoms in total. The van der Waals surface area contributed by atoms with Crippen LogP contribution in [0.4, 0.5) is 0 Å². The van der Waals surface area contributed by atoms with Crippen LogP contribution in [-0.4, -0.2) is 28.5 Å². The summed E-state index contributed by atoms with van der Waals surface area (Å²) in [4.78, 5) is 15.0. The van der Waals surface area contributed by atoms with Crippen molar-refractivity contribution in [2.45, 2.75) is 50.6 Å². The Kier molecular flexibility index (Phi) is 5.52. The molecule has 3 aromatic rings. The monoisotopic (exact) mass is 393 g/mol. The highest BCUT2D eigenvalue weighted by Gasteiger charge is 2.22. The van der Waals surface area contributed by atoms with Crippen LogP contribution >= 0.6 is 0 Å². The van der Waals surface area contributed by atoms with Gasteiger partial charge in [-0.15, -0.1) is 0 Å². The van der Waals surface area contributed by atoms with Crippen molar-refractivity contribution in [3.8, 4) is 0 Å². The smallest absolute Gasteiger partial charge is 0.0848 e. The summed E-state index contributed by atoms with van der Waals surface area (Å²) in [5, 5.41) is 0. The third-order valence-corrected chi connectivity index (χ3v) is 6.07. The number of pyridine rings is 1. The van der Waals surface area contributed by atoms with Crippen LogP contribution in [0.1, 0.15) is 48.2 Å². The molecule has 2 unspecified atom stereocenters. The lowest BCUT2D eigenvalue weighted by Crippen LogP contribution is -2.07. The Morgan fingerprint density at radius 2 is 1.03 bits per heavy atom. The SMILES string of the molecule is c1ccc(CC2CCC(c3cccc(C4=NC(Cc5ccccc5)CC4)n3)=N2)cc1.